The van der Waals surface area contributed by atoms with E-state index in [-0.39, 0.29) is 5.69 Å². The minimum Gasteiger partial charge on any atom is -0.389 e. The second kappa shape index (κ2) is 5.58. The molecule has 23 heavy (non-hydrogen) atoms. The van der Waals surface area contributed by atoms with Gasteiger partial charge in [-0.2, -0.15) is 13.2 Å². The number of anilines is 3. The van der Waals surface area contributed by atoms with Crippen LogP contribution in [0.4, 0.5) is 33.9 Å². The maximum Gasteiger partial charge on any atom is 0.419 e. The van der Waals surface area contributed by atoms with E-state index in [1.54, 1.807) is 18.2 Å². The van der Waals surface area contributed by atoms with Gasteiger partial charge in [-0.25, -0.2) is 4.39 Å². The van der Waals surface area contributed by atoms with E-state index >= 15 is 0 Å². The second-order valence-corrected chi connectivity index (χ2v) is 6.32. The number of fused-ring (bicyclic) bond motifs is 1. The number of thiophene rings is 1. The number of rotatable bonds is 2. The molecule has 0 spiro atoms. The summed E-state index contributed by atoms with van der Waals surface area (Å²) in [7, 11) is 0. The predicted molar refractivity (Wildman–Crippen MR) is 85.9 cm³/mol. The van der Waals surface area contributed by atoms with Crippen LogP contribution in [0.3, 0.4) is 0 Å². The first-order chi connectivity index (χ1) is 10.8. The van der Waals surface area contributed by atoms with Crippen molar-refractivity contribution in [2.75, 3.05) is 11.1 Å². The van der Waals surface area contributed by atoms with Gasteiger partial charge in [-0.05, 0) is 36.4 Å². The highest BCUT2D eigenvalue weighted by molar-refractivity contribution is 7.23. The monoisotopic (exact) mass is 360 g/mol. The molecule has 0 aliphatic carbocycles. The molecule has 0 radical (unpaired) electrons. The lowest BCUT2D eigenvalue weighted by Crippen LogP contribution is -2.08. The predicted octanol–water partition coefficient (Wildman–Crippen LogP) is 6.04. The molecule has 2 nitrogen and oxygen atoms in total. The molecule has 0 fully saturated rings. The highest BCUT2D eigenvalue weighted by Gasteiger charge is 2.34. The summed E-state index contributed by atoms with van der Waals surface area (Å²) in [5.41, 5.74) is 5.13. The minimum atomic E-state index is -4.77. The lowest BCUT2D eigenvalue weighted by molar-refractivity contribution is -0.139. The Kier molecular flexibility index (Phi) is 3.85. The van der Waals surface area contributed by atoms with E-state index in [9.17, 15) is 17.6 Å². The van der Waals surface area contributed by atoms with Gasteiger partial charge in [0.1, 0.15) is 10.8 Å². The summed E-state index contributed by atoms with van der Waals surface area (Å²) in [6.45, 7) is 0. The molecule has 120 valence electrons. The smallest absolute Gasteiger partial charge is 0.389 e. The van der Waals surface area contributed by atoms with Crippen molar-refractivity contribution in [3.63, 3.8) is 0 Å². The van der Waals surface area contributed by atoms with Crippen LogP contribution in [0, 0.1) is 5.82 Å². The van der Waals surface area contributed by atoms with Crippen LogP contribution in [0.15, 0.2) is 36.4 Å². The zero-order chi connectivity index (χ0) is 16.8. The quantitative estimate of drug-likeness (QED) is 0.547. The van der Waals surface area contributed by atoms with E-state index in [2.05, 4.69) is 5.32 Å². The molecule has 0 saturated heterocycles. The zero-order valence-corrected chi connectivity index (χ0v) is 12.9. The van der Waals surface area contributed by atoms with Gasteiger partial charge in [0.25, 0.3) is 0 Å². The van der Waals surface area contributed by atoms with Gasteiger partial charge in [0.2, 0.25) is 0 Å². The van der Waals surface area contributed by atoms with Gasteiger partial charge in [-0.15, -0.1) is 11.3 Å². The molecule has 0 amide bonds. The van der Waals surface area contributed by atoms with Crippen LogP contribution in [0.25, 0.3) is 10.1 Å². The standard InChI is InChI=1S/C15H9ClF4N2S/c16-7-1-4-12-9(5-7)13(14(21)23-12)22-8-2-3-11(17)10(6-8)15(18,19)20/h1-6,22H,21H2. The maximum absolute atomic E-state index is 13.3. The van der Waals surface area contributed by atoms with Crippen LogP contribution in [0.5, 0.6) is 0 Å². The fraction of sp³-hybridized carbons (Fsp3) is 0.0667. The second-order valence-electron chi connectivity index (χ2n) is 4.80. The van der Waals surface area contributed by atoms with Crippen molar-refractivity contribution in [2.45, 2.75) is 6.18 Å². The Hall–Kier alpha value is -1.99. The summed E-state index contributed by atoms with van der Waals surface area (Å²) in [5, 5.41) is 4.40. The third-order valence-electron chi connectivity index (χ3n) is 3.22. The molecule has 8 heteroatoms. The molecule has 2 aromatic carbocycles. The van der Waals surface area contributed by atoms with E-state index < -0.39 is 17.6 Å². The van der Waals surface area contributed by atoms with Crippen molar-refractivity contribution < 1.29 is 17.6 Å². The minimum absolute atomic E-state index is 0.0881. The Labute approximate surface area is 137 Å². The van der Waals surface area contributed by atoms with Crippen LogP contribution >= 0.6 is 22.9 Å². The number of alkyl halides is 3. The van der Waals surface area contributed by atoms with E-state index in [1.807, 2.05) is 0 Å². The van der Waals surface area contributed by atoms with E-state index in [0.29, 0.717) is 27.2 Å². The van der Waals surface area contributed by atoms with Crippen molar-refractivity contribution in [3.8, 4) is 0 Å². The number of nitrogens with one attached hydrogen (secondary N) is 1. The molecule has 0 bridgehead atoms. The van der Waals surface area contributed by atoms with Crippen LogP contribution in [-0.4, -0.2) is 0 Å². The molecule has 0 unspecified atom stereocenters. The van der Waals surface area contributed by atoms with Gasteiger partial charge in [0.15, 0.2) is 0 Å². The van der Waals surface area contributed by atoms with E-state index in [4.69, 9.17) is 17.3 Å². The molecule has 0 aliphatic heterocycles. The van der Waals surface area contributed by atoms with E-state index in [1.165, 1.54) is 17.4 Å². The van der Waals surface area contributed by atoms with Gasteiger partial charge in [-0.1, -0.05) is 11.6 Å². The van der Waals surface area contributed by atoms with Crippen LogP contribution in [0.1, 0.15) is 5.56 Å². The highest BCUT2D eigenvalue weighted by atomic mass is 35.5. The summed E-state index contributed by atoms with van der Waals surface area (Å²) < 4.78 is 52.5. The van der Waals surface area contributed by atoms with Gasteiger partial charge >= 0.3 is 6.18 Å². The SMILES string of the molecule is Nc1sc2ccc(Cl)cc2c1Nc1ccc(F)c(C(F)(F)F)c1. The molecule has 0 atom stereocenters. The molecular formula is C15H9ClF4N2S. The number of halogens is 5. The normalized spacial score (nSPS) is 11.9. The Morgan fingerprint density at radius 1 is 1.09 bits per heavy atom. The molecule has 3 N–H and O–H groups in total. The van der Waals surface area contributed by atoms with Gasteiger partial charge in [-0.3, -0.25) is 0 Å². The average Bonchev–Trinajstić information content (AvgIpc) is 2.76. The number of hydrogen-bond acceptors (Lipinski definition) is 3. The third-order valence-corrected chi connectivity index (χ3v) is 4.45. The number of benzene rings is 2. The first-order valence-electron chi connectivity index (χ1n) is 6.37. The number of nitrogen functional groups attached to an aromatic ring is 1. The number of hydrogen-bond donors (Lipinski definition) is 2. The molecule has 1 aromatic heterocycles. The van der Waals surface area contributed by atoms with Crippen molar-refractivity contribution >= 4 is 49.4 Å². The summed E-state index contributed by atoms with van der Waals surface area (Å²) in [6.07, 6.45) is -4.77. The van der Waals surface area contributed by atoms with Crippen LogP contribution < -0.4 is 11.1 Å². The molecular weight excluding hydrogens is 352 g/mol. The van der Waals surface area contributed by atoms with Crippen molar-refractivity contribution in [3.05, 3.63) is 52.8 Å². The van der Waals surface area contributed by atoms with Crippen molar-refractivity contribution in [1.82, 2.24) is 0 Å². The van der Waals surface area contributed by atoms with E-state index in [0.717, 1.165) is 10.8 Å². The highest BCUT2D eigenvalue weighted by Crippen LogP contribution is 2.41. The van der Waals surface area contributed by atoms with Crippen LogP contribution in [-0.2, 0) is 6.18 Å². The molecule has 3 rings (SSSR count). The first kappa shape index (κ1) is 15.9. The Morgan fingerprint density at radius 3 is 2.52 bits per heavy atom. The van der Waals surface area contributed by atoms with Gasteiger partial charge < -0.3 is 11.1 Å². The Morgan fingerprint density at radius 2 is 1.83 bits per heavy atom. The Bertz CT molecular complexity index is 889. The third kappa shape index (κ3) is 3.07. The summed E-state index contributed by atoms with van der Waals surface area (Å²) >= 11 is 7.23. The van der Waals surface area contributed by atoms with Crippen molar-refractivity contribution in [1.29, 1.82) is 0 Å². The van der Waals surface area contributed by atoms with Crippen molar-refractivity contribution in [2.24, 2.45) is 0 Å². The Balaban J connectivity index is 2.06. The van der Waals surface area contributed by atoms with Gasteiger partial charge in [0.05, 0.1) is 11.3 Å². The molecule has 0 aliphatic rings. The molecule has 1 heterocycles. The fourth-order valence-corrected chi connectivity index (χ4v) is 3.26. The topological polar surface area (TPSA) is 38.0 Å². The average molecular weight is 361 g/mol. The summed E-state index contributed by atoms with van der Waals surface area (Å²) in [5.74, 6) is -1.32. The fourth-order valence-electron chi connectivity index (χ4n) is 2.18. The number of nitrogens with two attached hydrogens (primary N) is 1. The summed E-state index contributed by atoms with van der Waals surface area (Å²) in [4.78, 5) is 0. The summed E-state index contributed by atoms with van der Waals surface area (Å²) in [6, 6.07) is 7.84. The van der Waals surface area contributed by atoms with Crippen LogP contribution in [0.2, 0.25) is 5.02 Å². The largest absolute Gasteiger partial charge is 0.419 e. The maximum atomic E-state index is 13.3. The lowest BCUT2D eigenvalue weighted by Gasteiger charge is -2.12. The first-order valence-corrected chi connectivity index (χ1v) is 7.56. The molecule has 0 saturated carbocycles. The zero-order valence-electron chi connectivity index (χ0n) is 11.3. The van der Waals surface area contributed by atoms with Gasteiger partial charge in [0, 0.05) is 20.8 Å². The lowest BCUT2D eigenvalue weighted by atomic mass is 10.1. The molecule has 3 aromatic rings.